The highest BCUT2D eigenvalue weighted by Crippen LogP contribution is 2.26. The molecule has 0 aliphatic rings. The Balaban J connectivity index is 1.47. The van der Waals surface area contributed by atoms with E-state index in [4.69, 9.17) is 4.74 Å². The van der Waals surface area contributed by atoms with Crippen molar-refractivity contribution < 1.29 is 14.3 Å². The number of hydrazone groups is 1. The van der Waals surface area contributed by atoms with Gasteiger partial charge in [-0.25, -0.2) is 5.43 Å². The number of anilines is 1. The highest BCUT2D eigenvalue weighted by molar-refractivity contribution is 9.10. The Kier molecular flexibility index (Phi) is 8.79. The number of nitrogens with zero attached hydrogens (tertiary/aromatic N) is 1. The molecule has 3 aromatic rings. The number of hydrogen-bond donors (Lipinski definition) is 2. The molecule has 0 fully saturated rings. The van der Waals surface area contributed by atoms with Crippen LogP contribution < -0.4 is 15.5 Å². The third-order valence-corrected chi connectivity index (χ3v) is 5.79. The monoisotopic (exact) mass is 571 g/mol. The molecule has 6 nitrogen and oxygen atoms in total. The van der Waals surface area contributed by atoms with Crippen molar-refractivity contribution >= 4 is 55.6 Å². The normalized spacial score (nSPS) is 10.8. The summed E-state index contributed by atoms with van der Waals surface area (Å²) < 4.78 is 7.63. The topological polar surface area (TPSA) is 79.8 Å². The predicted molar refractivity (Wildman–Crippen MR) is 138 cm³/mol. The summed E-state index contributed by atoms with van der Waals surface area (Å²) in [6.07, 6.45) is 1.18. The predicted octanol–water partition coefficient (Wildman–Crippen LogP) is 5.89. The average Bonchev–Trinajstić information content (AvgIpc) is 2.76. The fourth-order valence-corrected chi connectivity index (χ4v) is 3.74. The number of carbonyl (C=O) groups excluding carboxylic acids is 2. The zero-order valence-electron chi connectivity index (χ0n) is 18.2. The molecule has 2 N–H and O–H groups in total. The average molecular weight is 573 g/mol. The lowest BCUT2D eigenvalue weighted by molar-refractivity contribution is -0.126. The van der Waals surface area contributed by atoms with Crippen LogP contribution in [-0.2, 0) is 16.2 Å². The molecule has 0 unspecified atom stereocenters. The lowest BCUT2D eigenvalue weighted by Crippen LogP contribution is -2.24. The molecular formula is C25H23Br2N3O3. The van der Waals surface area contributed by atoms with Crippen LogP contribution >= 0.6 is 31.9 Å². The van der Waals surface area contributed by atoms with E-state index < -0.39 is 11.8 Å². The molecule has 0 heterocycles. The summed E-state index contributed by atoms with van der Waals surface area (Å²) in [6.45, 7) is 4.33. The molecule has 0 aliphatic heterocycles. The van der Waals surface area contributed by atoms with E-state index in [1.807, 2.05) is 74.5 Å². The van der Waals surface area contributed by atoms with Gasteiger partial charge in [0, 0.05) is 10.2 Å². The van der Waals surface area contributed by atoms with Crippen LogP contribution in [0, 0.1) is 13.8 Å². The molecule has 0 aromatic heterocycles. The van der Waals surface area contributed by atoms with Gasteiger partial charge >= 0.3 is 0 Å². The number of halogens is 2. The van der Waals surface area contributed by atoms with Crippen LogP contribution in [0.4, 0.5) is 5.69 Å². The molecule has 33 heavy (non-hydrogen) atoms. The molecule has 0 aliphatic carbocycles. The number of nitrogens with one attached hydrogen (secondary N) is 2. The summed E-state index contributed by atoms with van der Waals surface area (Å²) in [6, 6.07) is 19.1. The van der Waals surface area contributed by atoms with Crippen LogP contribution in [-0.4, -0.2) is 18.0 Å². The van der Waals surface area contributed by atoms with Crippen LogP contribution in [0.2, 0.25) is 0 Å². The molecule has 3 rings (SSSR count). The van der Waals surface area contributed by atoms with Gasteiger partial charge in [0.1, 0.15) is 18.8 Å². The zero-order valence-corrected chi connectivity index (χ0v) is 21.4. The summed E-state index contributed by atoms with van der Waals surface area (Å²) >= 11 is 6.91. The number of ether oxygens (including phenoxy) is 1. The van der Waals surface area contributed by atoms with Crippen molar-refractivity contribution in [2.24, 2.45) is 5.10 Å². The van der Waals surface area contributed by atoms with E-state index in [0.29, 0.717) is 18.0 Å². The Morgan fingerprint density at radius 2 is 1.73 bits per heavy atom. The highest BCUT2D eigenvalue weighted by atomic mass is 79.9. The molecule has 0 saturated heterocycles. The maximum atomic E-state index is 12.1. The van der Waals surface area contributed by atoms with Crippen molar-refractivity contribution in [3.05, 3.63) is 91.9 Å². The Morgan fingerprint density at radius 1 is 0.970 bits per heavy atom. The molecule has 2 amide bonds. The maximum Gasteiger partial charge on any atom is 0.249 e. The summed E-state index contributed by atoms with van der Waals surface area (Å²) in [5.74, 6) is -0.200. The number of aryl methyl sites for hydroxylation is 2. The largest absolute Gasteiger partial charge is 0.488 e. The van der Waals surface area contributed by atoms with E-state index in [1.165, 1.54) is 6.21 Å². The van der Waals surface area contributed by atoms with Gasteiger partial charge < -0.3 is 10.1 Å². The van der Waals surface area contributed by atoms with Crippen LogP contribution in [0.15, 0.2) is 74.7 Å². The SMILES string of the molecule is Cc1ccc(NC(=O)CC(=O)NN=Cc2ccc(OCc3ccc(Br)cc3)c(Br)c2)c(C)c1. The first-order valence-corrected chi connectivity index (χ1v) is 11.7. The first-order valence-electron chi connectivity index (χ1n) is 10.2. The van der Waals surface area contributed by atoms with Crippen LogP contribution in [0.5, 0.6) is 5.75 Å². The van der Waals surface area contributed by atoms with Crippen LogP contribution in [0.25, 0.3) is 0 Å². The quantitative estimate of drug-likeness (QED) is 0.201. The first kappa shape index (κ1) is 24.7. The van der Waals surface area contributed by atoms with Gasteiger partial charge in [0.25, 0.3) is 0 Å². The van der Waals surface area contributed by atoms with E-state index >= 15 is 0 Å². The summed E-state index contributed by atoms with van der Waals surface area (Å²) in [4.78, 5) is 24.1. The Bertz CT molecular complexity index is 1180. The summed E-state index contributed by atoms with van der Waals surface area (Å²) in [5, 5.41) is 6.68. The lowest BCUT2D eigenvalue weighted by Gasteiger charge is -2.09. The second kappa shape index (κ2) is 11.8. The van der Waals surface area contributed by atoms with Crippen molar-refractivity contribution in [2.45, 2.75) is 26.9 Å². The van der Waals surface area contributed by atoms with Gasteiger partial charge in [-0.1, -0.05) is 45.8 Å². The number of hydrogen-bond acceptors (Lipinski definition) is 4. The van der Waals surface area contributed by atoms with Crippen molar-refractivity contribution in [1.29, 1.82) is 0 Å². The van der Waals surface area contributed by atoms with Gasteiger partial charge in [-0.05, 0) is 82.9 Å². The van der Waals surface area contributed by atoms with Crippen molar-refractivity contribution in [3.8, 4) is 5.75 Å². The molecule has 8 heteroatoms. The minimum Gasteiger partial charge on any atom is -0.488 e. The third-order valence-electron chi connectivity index (χ3n) is 4.64. The third kappa shape index (κ3) is 7.83. The first-order chi connectivity index (χ1) is 15.8. The number of benzene rings is 3. The lowest BCUT2D eigenvalue weighted by atomic mass is 10.1. The van der Waals surface area contributed by atoms with E-state index in [9.17, 15) is 9.59 Å². The van der Waals surface area contributed by atoms with Crippen molar-refractivity contribution in [3.63, 3.8) is 0 Å². The molecule has 0 saturated carbocycles. The number of amides is 2. The Hall–Kier alpha value is -2.97. The Morgan fingerprint density at radius 3 is 2.42 bits per heavy atom. The molecule has 0 atom stereocenters. The van der Waals surface area contributed by atoms with Gasteiger partial charge in [0.05, 0.1) is 10.7 Å². The van der Waals surface area contributed by atoms with E-state index in [2.05, 4.69) is 47.7 Å². The smallest absolute Gasteiger partial charge is 0.249 e. The second-order valence-electron chi connectivity index (χ2n) is 7.44. The van der Waals surface area contributed by atoms with Gasteiger partial charge in [-0.3, -0.25) is 9.59 Å². The highest BCUT2D eigenvalue weighted by Gasteiger charge is 2.10. The minimum absolute atomic E-state index is 0.322. The molecule has 170 valence electrons. The summed E-state index contributed by atoms with van der Waals surface area (Å²) in [5.41, 5.74) is 6.93. The van der Waals surface area contributed by atoms with Crippen molar-refractivity contribution in [2.75, 3.05) is 5.32 Å². The van der Waals surface area contributed by atoms with E-state index in [0.717, 1.165) is 31.2 Å². The van der Waals surface area contributed by atoms with Gasteiger partial charge in [-0.15, -0.1) is 0 Å². The van der Waals surface area contributed by atoms with Gasteiger partial charge in [0.2, 0.25) is 11.8 Å². The molecule has 0 spiro atoms. The van der Waals surface area contributed by atoms with Gasteiger partial charge in [0.15, 0.2) is 0 Å². The maximum absolute atomic E-state index is 12.1. The van der Waals surface area contributed by atoms with Crippen LogP contribution in [0.1, 0.15) is 28.7 Å². The fraction of sp³-hybridized carbons (Fsp3) is 0.160. The molecule has 0 radical (unpaired) electrons. The summed E-state index contributed by atoms with van der Waals surface area (Å²) in [7, 11) is 0. The molecule has 0 bridgehead atoms. The number of carbonyl (C=O) groups is 2. The van der Waals surface area contributed by atoms with E-state index in [-0.39, 0.29) is 6.42 Å². The van der Waals surface area contributed by atoms with Crippen LogP contribution in [0.3, 0.4) is 0 Å². The fourth-order valence-electron chi connectivity index (χ4n) is 2.97. The standard InChI is InChI=1S/C25H23Br2N3O3/c1-16-3-9-22(17(2)11-16)29-24(31)13-25(32)30-28-14-19-6-10-23(21(27)12-19)33-15-18-4-7-20(26)8-5-18/h3-12,14H,13,15H2,1-2H3,(H,29,31)(H,30,32). The van der Waals surface area contributed by atoms with Crippen molar-refractivity contribution in [1.82, 2.24) is 5.43 Å². The minimum atomic E-state index is -0.498. The van der Waals surface area contributed by atoms with Gasteiger partial charge in [-0.2, -0.15) is 5.10 Å². The molecule has 3 aromatic carbocycles. The zero-order chi connectivity index (χ0) is 23.8. The Labute approximate surface area is 209 Å². The van der Waals surface area contributed by atoms with E-state index in [1.54, 1.807) is 0 Å². The second-order valence-corrected chi connectivity index (χ2v) is 9.21. The molecular weight excluding hydrogens is 550 g/mol. The number of rotatable bonds is 8.